The van der Waals surface area contributed by atoms with Crippen LogP contribution in [0.2, 0.25) is 0 Å². The molecule has 0 aromatic heterocycles. The van der Waals surface area contributed by atoms with Crippen LogP contribution in [-0.2, 0) is 25.3 Å². The standard InChI is InChI=1S/C23H36BNO5/c1-21(2,3)28-20(26)25(19-12-14-27-15-13-19)16-17-8-10-18(11-9-17)24-29-22(4,5)23(6,7)30-24/h8-11,19H,12-16H2,1-7H3. The molecule has 2 saturated heterocycles. The van der Waals surface area contributed by atoms with E-state index in [-0.39, 0.29) is 30.5 Å². The van der Waals surface area contributed by atoms with Crippen molar-refractivity contribution < 1.29 is 23.6 Å². The van der Waals surface area contributed by atoms with E-state index in [1.165, 1.54) is 0 Å². The molecule has 0 aliphatic carbocycles. The average molecular weight is 417 g/mol. The first-order valence-electron chi connectivity index (χ1n) is 10.9. The smallest absolute Gasteiger partial charge is 0.444 e. The molecule has 1 amide bonds. The molecule has 0 atom stereocenters. The maximum atomic E-state index is 12.9. The Kier molecular flexibility index (Phi) is 6.56. The van der Waals surface area contributed by atoms with Crippen molar-refractivity contribution in [3.8, 4) is 0 Å². The minimum absolute atomic E-state index is 0.122. The minimum atomic E-state index is -0.527. The van der Waals surface area contributed by atoms with Gasteiger partial charge in [0.05, 0.1) is 11.2 Å². The first-order chi connectivity index (χ1) is 13.9. The van der Waals surface area contributed by atoms with Crippen LogP contribution in [0.4, 0.5) is 4.79 Å². The number of carbonyl (C=O) groups excluding carboxylic acids is 1. The van der Waals surface area contributed by atoms with Gasteiger partial charge in [0, 0.05) is 25.8 Å². The Morgan fingerprint density at radius 2 is 1.60 bits per heavy atom. The quantitative estimate of drug-likeness (QED) is 0.696. The van der Waals surface area contributed by atoms with Gasteiger partial charge in [0.15, 0.2) is 0 Å². The minimum Gasteiger partial charge on any atom is -0.444 e. The van der Waals surface area contributed by atoms with E-state index in [2.05, 4.69) is 0 Å². The molecule has 0 unspecified atom stereocenters. The van der Waals surface area contributed by atoms with Crippen molar-refractivity contribution in [3.63, 3.8) is 0 Å². The zero-order valence-corrected chi connectivity index (χ0v) is 19.5. The van der Waals surface area contributed by atoms with Crippen LogP contribution >= 0.6 is 0 Å². The number of hydrogen-bond acceptors (Lipinski definition) is 5. The highest BCUT2D eigenvalue weighted by Crippen LogP contribution is 2.36. The predicted octanol–water partition coefficient (Wildman–Crippen LogP) is 3.90. The molecule has 6 nitrogen and oxygen atoms in total. The molecule has 0 N–H and O–H groups in total. The molecule has 0 radical (unpaired) electrons. The molecule has 0 saturated carbocycles. The average Bonchev–Trinajstić information content (AvgIpc) is 2.87. The Labute approximate surface area is 181 Å². The number of rotatable bonds is 4. The van der Waals surface area contributed by atoms with Crippen LogP contribution in [0.25, 0.3) is 0 Å². The molecule has 3 rings (SSSR count). The fraction of sp³-hybridized carbons (Fsp3) is 0.696. The number of ether oxygens (including phenoxy) is 2. The normalized spacial score (nSPS) is 21.5. The SMILES string of the molecule is CC(C)(C)OC(=O)N(Cc1ccc(B2OC(C)(C)C(C)(C)O2)cc1)C1CCOCC1. The fourth-order valence-corrected chi connectivity index (χ4v) is 3.62. The largest absolute Gasteiger partial charge is 0.494 e. The summed E-state index contributed by atoms with van der Waals surface area (Å²) >= 11 is 0. The first-order valence-corrected chi connectivity index (χ1v) is 10.9. The number of benzene rings is 1. The van der Waals surface area contributed by atoms with Gasteiger partial charge < -0.3 is 23.7 Å². The van der Waals surface area contributed by atoms with E-state index in [4.69, 9.17) is 18.8 Å². The lowest BCUT2D eigenvalue weighted by molar-refractivity contribution is -0.00808. The lowest BCUT2D eigenvalue weighted by Crippen LogP contribution is -2.45. The predicted molar refractivity (Wildman–Crippen MR) is 118 cm³/mol. The topological polar surface area (TPSA) is 57.2 Å². The molecule has 30 heavy (non-hydrogen) atoms. The summed E-state index contributed by atoms with van der Waals surface area (Å²) in [6, 6.07) is 8.24. The molecule has 2 aliphatic heterocycles. The molecule has 2 heterocycles. The van der Waals surface area contributed by atoms with Gasteiger partial charge in [-0.05, 0) is 72.3 Å². The Bertz CT molecular complexity index is 719. The highest BCUT2D eigenvalue weighted by molar-refractivity contribution is 6.62. The van der Waals surface area contributed by atoms with Gasteiger partial charge in [-0.25, -0.2) is 4.79 Å². The molecule has 1 aromatic carbocycles. The fourth-order valence-electron chi connectivity index (χ4n) is 3.62. The number of hydrogen-bond donors (Lipinski definition) is 0. The van der Waals surface area contributed by atoms with Crippen molar-refractivity contribution in [2.75, 3.05) is 13.2 Å². The van der Waals surface area contributed by atoms with Gasteiger partial charge in [-0.3, -0.25) is 0 Å². The summed E-state index contributed by atoms with van der Waals surface area (Å²) in [5.41, 5.74) is 0.765. The highest BCUT2D eigenvalue weighted by atomic mass is 16.7. The Morgan fingerprint density at radius 1 is 1.07 bits per heavy atom. The van der Waals surface area contributed by atoms with Crippen LogP contribution in [0.5, 0.6) is 0 Å². The second-order valence-corrected chi connectivity index (χ2v) is 10.3. The van der Waals surface area contributed by atoms with E-state index in [1.807, 2.05) is 77.6 Å². The van der Waals surface area contributed by atoms with Crippen molar-refractivity contribution in [2.45, 2.75) is 90.7 Å². The van der Waals surface area contributed by atoms with Gasteiger partial charge in [-0.15, -0.1) is 0 Å². The summed E-state index contributed by atoms with van der Waals surface area (Å²) in [5, 5.41) is 0. The van der Waals surface area contributed by atoms with Crippen LogP contribution in [0.3, 0.4) is 0 Å². The van der Waals surface area contributed by atoms with Crippen LogP contribution in [0.15, 0.2) is 24.3 Å². The van der Waals surface area contributed by atoms with E-state index in [0.717, 1.165) is 23.9 Å². The van der Waals surface area contributed by atoms with Crippen LogP contribution in [0.1, 0.15) is 66.9 Å². The van der Waals surface area contributed by atoms with Gasteiger partial charge in [0.1, 0.15) is 5.60 Å². The van der Waals surface area contributed by atoms with E-state index in [9.17, 15) is 4.79 Å². The second-order valence-electron chi connectivity index (χ2n) is 10.3. The van der Waals surface area contributed by atoms with Crippen molar-refractivity contribution in [3.05, 3.63) is 29.8 Å². The summed E-state index contributed by atoms with van der Waals surface area (Å²) in [5.74, 6) is 0. The molecular formula is C23H36BNO5. The molecule has 2 fully saturated rings. The van der Waals surface area contributed by atoms with Crippen molar-refractivity contribution >= 4 is 18.7 Å². The van der Waals surface area contributed by atoms with Crippen LogP contribution in [-0.4, -0.2) is 54.2 Å². The second kappa shape index (κ2) is 8.52. The van der Waals surface area contributed by atoms with E-state index >= 15 is 0 Å². The molecule has 2 aliphatic rings. The van der Waals surface area contributed by atoms with E-state index in [1.54, 1.807) is 0 Å². The van der Waals surface area contributed by atoms with Gasteiger partial charge >= 0.3 is 13.2 Å². The Morgan fingerprint density at radius 3 is 2.10 bits per heavy atom. The number of nitrogens with zero attached hydrogens (tertiary/aromatic N) is 1. The van der Waals surface area contributed by atoms with Gasteiger partial charge in [0.25, 0.3) is 0 Å². The third-order valence-corrected chi connectivity index (χ3v) is 6.12. The molecule has 1 aromatic rings. The van der Waals surface area contributed by atoms with Gasteiger partial charge in [0.2, 0.25) is 0 Å². The maximum Gasteiger partial charge on any atom is 0.494 e. The molecule has 0 spiro atoms. The van der Waals surface area contributed by atoms with Crippen molar-refractivity contribution in [1.29, 1.82) is 0 Å². The van der Waals surface area contributed by atoms with Gasteiger partial charge in [-0.2, -0.15) is 0 Å². The van der Waals surface area contributed by atoms with Crippen molar-refractivity contribution in [2.24, 2.45) is 0 Å². The third kappa shape index (κ3) is 5.37. The third-order valence-electron chi connectivity index (χ3n) is 6.12. The highest BCUT2D eigenvalue weighted by Gasteiger charge is 2.51. The Hall–Kier alpha value is -1.57. The summed E-state index contributed by atoms with van der Waals surface area (Å²) in [6.45, 7) is 15.7. The maximum absolute atomic E-state index is 12.9. The van der Waals surface area contributed by atoms with Crippen LogP contribution < -0.4 is 5.46 Å². The van der Waals surface area contributed by atoms with Crippen LogP contribution in [0, 0.1) is 0 Å². The lowest BCUT2D eigenvalue weighted by atomic mass is 9.79. The summed E-state index contributed by atoms with van der Waals surface area (Å²) in [6.07, 6.45) is 1.38. The zero-order chi connectivity index (χ0) is 22.2. The first kappa shape index (κ1) is 23.1. The monoisotopic (exact) mass is 417 g/mol. The van der Waals surface area contributed by atoms with E-state index in [0.29, 0.717) is 19.8 Å². The summed E-state index contributed by atoms with van der Waals surface area (Å²) < 4.78 is 23.4. The van der Waals surface area contributed by atoms with Crippen molar-refractivity contribution in [1.82, 2.24) is 4.90 Å². The summed E-state index contributed by atoms with van der Waals surface area (Å²) in [4.78, 5) is 14.7. The number of carbonyl (C=O) groups is 1. The van der Waals surface area contributed by atoms with Gasteiger partial charge in [-0.1, -0.05) is 24.3 Å². The van der Waals surface area contributed by atoms with E-state index < -0.39 is 5.60 Å². The summed E-state index contributed by atoms with van der Waals surface area (Å²) in [7, 11) is -0.387. The molecule has 0 bridgehead atoms. The molecular weight excluding hydrogens is 381 g/mol. The number of amides is 1. The zero-order valence-electron chi connectivity index (χ0n) is 19.5. The molecule has 7 heteroatoms. The Balaban J connectivity index is 1.72. The lowest BCUT2D eigenvalue weighted by Gasteiger charge is -2.35. The molecule has 166 valence electrons.